The number of ketones is 1. The molecule has 0 radical (unpaired) electrons. The maximum absolute atomic E-state index is 12.6. The van der Waals surface area contributed by atoms with E-state index in [2.05, 4.69) is 10.1 Å². The molecule has 26 heavy (non-hydrogen) atoms. The highest BCUT2D eigenvalue weighted by molar-refractivity contribution is 6.09. The Morgan fingerprint density at radius 2 is 1.54 bits per heavy atom. The van der Waals surface area contributed by atoms with Gasteiger partial charge in [-0.1, -0.05) is 0 Å². The summed E-state index contributed by atoms with van der Waals surface area (Å²) < 4.78 is 11.8. The van der Waals surface area contributed by atoms with Gasteiger partial charge < -0.3 is 14.5 Å². The van der Waals surface area contributed by atoms with Crippen molar-refractivity contribution in [2.24, 2.45) is 7.05 Å². The maximum atomic E-state index is 12.6. The van der Waals surface area contributed by atoms with Gasteiger partial charge in [-0.25, -0.2) is 9.59 Å². The molecule has 0 unspecified atom stereocenters. The summed E-state index contributed by atoms with van der Waals surface area (Å²) in [6.45, 7) is 8.22. The van der Waals surface area contributed by atoms with Crippen LogP contribution in [-0.4, -0.2) is 45.7 Å². The maximum Gasteiger partial charge on any atom is 0.342 e. The average Bonchev–Trinajstić information content (AvgIpc) is 3.00. The van der Waals surface area contributed by atoms with Crippen LogP contribution in [0.5, 0.6) is 0 Å². The molecule has 0 aliphatic heterocycles. The fraction of sp³-hybridized carbons (Fsp3) is 0.444. The molecule has 0 bridgehead atoms. The third kappa shape index (κ3) is 3.54. The number of aryl methyl sites for hydroxylation is 4. The van der Waals surface area contributed by atoms with E-state index in [1.54, 1.807) is 46.3 Å². The molecule has 2 heterocycles. The number of nitrogens with one attached hydrogen (secondary N) is 1. The van der Waals surface area contributed by atoms with Crippen molar-refractivity contribution in [2.45, 2.75) is 34.6 Å². The van der Waals surface area contributed by atoms with Crippen LogP contribution in [0.15, 0.2) is 0 Å². The van der Waals surface area contributed by atoms with Crippen LogP contribution < -0.4 is 0 Å². The topological polar surface area (TPSA) is 103 Å². The number of carbonyl (C=O) groups excluding carboxylic acids is 3. The average molecular weight is 361 g/mol. The SMILES string of the molecule is CCOC(=O)c1c(C)[nH]c(C)c1C(=O)COC(=O)c1c(C)nn(C)c1C. The lowest BCUT2D eigenvalue weighted by Gasteiger charge is -2.07. The van der Waals surface area contributed by atoms with Gasteiger partial charge in [0.2, 0.25) is 5.78 Å². The van der Waals surface area contributed by atoms with E-state index in [0.717, 1.165) is 0 Å². The summed E-state index contributed by atoms with van der Waals surface area (Å²) in [4.78, 5) is 40.0. The van der Waals surface area contributed by atoms with E-state index in [-0.39, 0.29) is 17.7 Å². The number of aromatic nitrogens is 3. The summed E-state index contributed by atoms with van der Waals surface area (Å²) in [5.74, 6) is -1.67. The second-order valence-electron chi connectivity index (χ2n) is 6.01. The van der Waals surface area contributed by atoms with Crippen molar-refractivity contribution < 1.29 is 23.9 Å². The number of ether oxygens (including phenoxy) is 2. The van der Waals surface area contributed by atoms with E-state index in [1.165, 1.54) is 0 Å². The summed E-state index contributed by atoms with van der Waals surface area (Å²) in [6.07, 6.45) is 0. The lowest BCUT2D eigenvalue weighted by atomic mass is 10.1. The van der Waals surface area contributed by atoms with Crippen molar-refractivity contribution in [3.63, 3.8) is 0 Å². The van der Waals surface area contributed by atoms with Gasteiger partial charge in [-0.05, 0) is 34.6 Å². The van der Waals surface area contributed by atoms with Gasteiger partial charge in [0.25, 0.3) is 0 Å². The van der Waals surface area contributed by atoms with Gasteiger partial charge in [-0.2, -0.15) is 5.10 Å². The molecule has 0 aromatic carbocycles. The Bertz CT molecular complexity index is 876. The molecule has 2 aromatic rings. The van der Waals surface area contributed by atoms with Gasteiger partial charge in [0.05, 0.1) is 23.4 Å². The van der Waals surface area contributed by atoms with Gasteiger partial charge in [-0.3, -0.25) is 9.48 Å². The molecule has 0 saturated carbocycles. The number of aromatic amines is 1. The predicted molar refractivity (Wildman–Crippen MR) is 93.5 cm³/mol. The van der Waals surface area contributed by atoms with Gasteiger partial charge in [0, 0.05) is 24.1 Å². The summed E-state index contributed by atoms with van der Waals surface area (Å²) in [5.41, 5.74) is 2.96. The van der Waals surface area contributed by atoms with Crippen LogP contribution in [-0.2, 0) is 16.5 Å². The first-order chi connectivity index (χ1) is 12.2. The molecule has 0 amide bonds. The molecular formula is C18H23N3O5. The number of esters is 2. The van der Waals surface area contributed by atoms with Crippen LogP contribution >= 0.6 is 0 Å². The molecule has 1 N–H and O–H groups in total. The molecule has 0 fully saturated rings. The van der Waals surface area contributed by atoms with Gasteiger partial charge >= 0.3 is 11.9 Å². The minimum absolute atomic E-state index is 0.180. The number of hydrogen-bond donors (Lipinski definition) is 1. The van der Waals surface area contributed by atoms with E-state index in [9.17, 15) is 14.4 Å². The summed E-state index contributed by atoms with van der Waals surface area (Å²) >= 11 is 0. The molecule has 2 aromatic heterocycles. The molecule has 2 rings (SSSR count). The number of carbonyl (C=O) groups is 3. The van der Waals surface area contributed by atoms with Crippen molar-refractivity contribution in [3.05, 3.63) is 39.5 Å². The normalized spacial score (nSPS) is 10.7. The molecule has 8 nitrogen and oxygen atoms in total. The highest BCUT2D eigenvalue weighted by Gasteiger charge is 2.27. The highest BCUT2D eigenvalue weighted by atomic mass is 16.5. The zero-order valence-corrected chi connectivity index (χ0v) is 15.8. The second-order valence-corrected chi connectivity index (χ2v) is 6.01. The van der Waals surface area contributed by atoms with E-state index in [1.807, 2.05) is 0 Å². The standard InChI is InChI=1S/C18H23N3O5/c1-7-25-18(24)16-10(3)19-9(2)15(16)13(22)8-26-17(23)14-11(4)20-21(6)12(14)5/h19H,7-8H2,1-6H3. The Kier molecular flexibility index (Phi) is 5.64. The van der Waals surface area contributed by atoms with Crippen molar-refractivity contribution in [2.75, 3.05) is 13.2 Å². The van der Waals surface area contributed by atoms with E-state index in [0.29, 0.717) is 28.3 Å². The van der Waals surface area contributed by atoms with Crippen molar-refractivity contribution in [1.29, 1.82) is 0 Å². The number of nitrogens with zero attached hydrogens (tertiary/aromatic N) is 2. The Labute approximate surface area is 151 Å². The zero-order chi connectivity index (χ0) is 19.6. The van der Waals surface area contributed by atoms with E-state index in [4.69, 9.17) is 9.47 Å². The van der Waals surface area contributed by atoms with Gasteiger partial charge in [0.1, 0.15) is 5.56 Å². The number of hydrogen-bond acceptors (Lipinski definition) is 6. The third-order valence-electron chi connectivity index (χ3n) is 4.18. The number of rotatable bonds is 6. The minimum Gasteiger partial charge on any atom is -0.462 e. The highest BCUT2D eigenvalue weighted by Crippen LogP contribution is 2.21. The van der Waals surface area contributed by atoms with Crippen LogP contribution in [0.4, 0.5) is 0 Å². The van der Waals surface area contributed by atoms with Gasteiger partial charge in [0.15, 0.2) is 6.61 Å². The Hall–Kier alpha value is -2.90. The molecule has 0 aliphatic rings. The monoisotopic (exact) mass is 361 g/mol. The first kappa shape index (κ1) is 19.4. The van der Waals surface area contributed by atoms with Crippen LogP contribution in [0.2, 0.25) is 0 Å². The summed E-state index contributed by atoms with van der Waals surface area (Å²) in [6, 6.07) is 0. The largest absolute Gasteiger partial charge is 0.462 e. The fourth-order valence-corrected chi connectivity index (χ4v) is 2.93. The zero-order valence-electron chi connectivity index (χ0n) is 15.8. The van der Waals surface area contributed by atoms with Gasteiger partial charge in [-0.15, -0.1) is 0 Å². The first-order valence-corrected chi connectivity index (χ1v) is 8.25. The summed E-state index contributed by atoms with van der Waals surface area (Å²) in [5, 5.41) is 4.16. The summed E-state index contributed by atoms with van der Waals surface area (Å²) in [7, 11) is 1.72. The Balaban J connectivity index is 2.21. The molecule has 140 valence electrons. The van der Waals surface area contributed by atoms with Crippen LogP contribution in [0.1, 0.15) is 60.8 Å². The van der Waals surface area contributed by atoms with Crippen LogP contribution in [0, 0.1) is 27.7 Å². The van der Waals surface area contributed by atoms with E-state index < -0.39 is 24.3 Å². The fourth-order valence-electron chi connectivity index (χ4n) is 2.93. The second kappa shape index (κ2) is 7.55. The Morgan fingerprint density at radius 1 is 0.962 bits per heavy atom. The molecule has 0 spiro atoms. The minimum atomic E-state index is -0.621. The smallest absolute Gasteiger partial charge is 0.342 e. The van der Waals surface area contributed by atoms with Crippen molar-refractivity contribution in [3.8, 4) is 0 Å². The van der Waals surface area contributed by atoms with Crippen LogP contribution in [0.3, 0.4) is 0 Å². The third-order valence-corrected chi connectivity index (χ3v) is 4.18. The van der Waals surface area contributed by atoms with Crippen molar-refractivity contribution in [1.82, 2.24) is 14.8 Å². The lowest BCUT2D eigenvalue weighted by molar-refractivity contribution is 0.0470. The predicted octanol–water partition coefficient (Wildman–Crippen LogP) is 2.20. The quantitative estimate of drug-likeness (QED) is 0.625. The Morgan fingerprint density at radius 3 is 2.08 bits per heavy atom. The molecule has 0 aliphatic carbocycles. The lowest BCUT2D eigenvalue weighted by Crippen LogP contribution is -2.18. The molecule has 8 heteroatoms. The van der Waals surface area contributed by atoms with Crippen LogP contribution in [0.25, 0.3) is 0 Å². The van der Waals surface area contributed by atoms with E-state index >= 15 is 0 Å². The molecule has 0 atom stereocenters. The number of H-pyrrole nitrogens is 1. The first-order valence-electron chi connectivity index (χ1n) is 8.25. The number of Topliss-reactive ketones (excluding diaryl/α,β-unsaturated/α-hetero) is 1. The molecule has 0 saturated heterocycles. The molecular weight excluding hydrogens is 338 g/mol. The van der Waals surface area contributed by atoms with Crippen molar-refractivity contribution >= 4 is 17.7 Å².